The molecule has 0 amide bonds. The minimum absolute atomic E-state index is 0.136. The zero-order valence-electron chi connectivity index (χ0n) is 14.3. The zero-order chi connectivity index (χ0) is 18.3. The molecule has 4 rings (SSSR count). The fourth-order valence-corrected chi connectivity index (χ4v) is 4.84. The van der Waals surface area contributed by atoms with Crippen LogP contribution in [0.5, 0.6) is 0 Å². The van der Waals surface area contributed by atoms with E-state index in [1.54, 1.807) is 12.1 Å². The number of ketones is 1. The van der Waals surface area contributed by atoms with Crippen molar-refractivity contribution in [3.63, 3.8) is 0 Å². The number of carbonyl (C=O) groups excluding carboxylic acids is 1. The monoisotopic (exact) mass is 363 g/mol. The number of aromatic amines is 1. The molecule has 130 valence electrons. The number of hydrogen-bond donors (Lipinski definition) is 1. The Morgan fingerprint density at radius 3 is 2.85 bits per heavy atom. The number of rotatable bonds is 3. The van der Waals surface area contributed by atoms with Gasteiger partial charge in [0.25, 0.3) is 5.56 Å². The van der Waals surface area contributed by atoms with Gasteiger partial charge in [0.1, 0.15) is 10.7 Å². The van der Waals surface area contributed by atoms with E-state index in [4.69, 9.17) is 0 Å². The van der Waals surface area contributed by atoms with Crippen LogP contribution in [0.15, 0.2) is 29.1 Å². The number of nitriles is 1. The van der Waals surface area contributed by atoms with Crippen LogP contribution in [0.2, 0.25) is 0 Å². The number of fused-ring (bicyclic) bond motifs is 3. The van der Waals surface area contributed by atoms with Gasteiger partial charge in [-0.05, 0) is 43.7 Å². The number of Topliss-reactive ketones (excluding diaryl/α,β-unsaturated/α-hetero) is 1. The van der Waals surface area contributed by atoms with Gasteiger partial charge in [-0.25, -0.2) is 4.98 Å². The summed E-state index contributed by atoms with van der Waals surface area (Å²) in [4.78, 5) is 34.6. The topological polar surface area (TPSA) is 86.6 Å². The van der Waals surface area contributed by atoms with Crippen LogP contribution in [-0.2, 0) is 12.8 Å². The fourth-order valence-electron chi connectivity index (χ4n) is 3.57. The number of aromatic nitrogens is 2. The second kappa shape index (κ2) is 6.50. The first-order chi connectivity index (χ1) is 12.6. The molecule has 2 heterocycles. The van der Waals surface area contributed by atoms with Crippen LogP contribution >= 0.6 is 11.3 Å². The predicted octanol–water partition coefficient (Wildman–Crippen LogP) is 3.66. The molecule has 1 unspecified atom stereocenters. The van der Waals surface area contributed by atoms with Gasteiger partial charge in [0.15, 0.2) is 11.7 Å². The van der Waals surface area contributed by atoms with Gasteiger partial charge in [-0.2, -0.15) is 5.26 Å². The minimum atomic E-state index is -1.12. The molecule has 0 saturated heterocycles. The largest absolute Gasteiger partial charge is 0.308 e. The molecule has 0 aliphatic heterocycles. The van der Waals surface area contributed by atoms with E-state index in [9.17, 15) is 14.9 Å². The summed E-state index contributed by atoms with van der Waals surface area (Å²) >= 11 is 1.51. The fraction of sp³-hybridized carbons (Fsp3) is 0.300. The van der Waals surface area contributed by atoms with Gasteiger partial charge >= 0.3 is 0 Å². The third kappa shape index (κ3) is 2.65. The maximum absolute atomic E-state index is 12.9. The lowest BCUT2D eigenvalue weighted by Crippen LogP contribution is -2.20. The molecule has 0 spiro atoms. The number of thiophene rings is 1. The Bertz CT molecular complexity index is 1120. The molecule has 0 fully saturated rings. The number of nitrogens with one attached hydrogen (secondary N) is 1. The van der Waals surface area contributed by atoms with Crippen LogP contribution in [-0.4, -0.2) is 15.8 Å². The molecular formula is C20H17N3O2S. The lowest BCUT2D eigenvalue weighted by Gasteiger charge is -2.11. The van der Waals surface area contributed by atoms with Crippen molar-refractivity contribution >= 4 is 27.3 Å². The van der Waals surface area contributed by atoms with Crippen molar-refractivity contribution in [1.82, 2.24) is 9.97 Å². The van der Waals surface area contributed by atoms with Gasteiger partial charge in [-0.1, -0.05) is 24.3 Å². The first-order valence-electron chi connectivity index (χ1n) is 8.64. The van der Waals surface area contributed by atoms with E-state index in [1.165, 1.54) is 16.2 Å². The Labute approximate surface area is 154 Å². The predicted molar refractivity (Wildman–Crippen MR) is 101 cm³/mol. The molecule has 1 aromatic carbocycles. The molecule has 3 aromatic rings. The van der Waals surface area contributed by atoms with Crippen LogP contribution in [0, 0.1) is 18.3 Å². The van der Waals surface area contributed by atoms with Gasteiger partial charge in [0.2, 0.25) is 0 Å². The maximum Gasteiger partial charge on any atom is 0.259 e. The highest BCUT2D eigenvalue weighted by Gasteiger charge is 2.27. The number of nitrogens with zero attached hydrogens (tertiary/aromatic N) is 2. The van der Waals surface area contributed by atoms with Crippen molar-refractivity contribution in [3.8, 4) is 6.07 Å². The van der Waals surface area contributed by atoms with Crippen LogP contribution in [0.3, 0.4) is 0 Å². The van der Waals surface area contributed by atoms with E-state index in [-0.39, 0.29) is 17.2 Å². The summed E-state index contributed by atoms with van der Waals surface area (Å²) in [5.41, 5.74) is 2.12. The molecule has 2 aromatic heterocycles. The molecule has 1 aliphatic rings. The lowest BCUT2D eigenvalue weighted by atomic mass is 9.94. The van der Waals surface area contributed by atoms with Gasteiger partial charge in [-0.15, -0.1) is 11.3 Å². The van der Waals surface area contributed by atoms with Crippen molar-refractivity contribution in [2.75, 3.05) is 0 Å². The Balaban J connectivity index is 1.83. The summed E-state index contributed by atoms with van der Waals surface area (Å²) in [7, 11) is 0. The third-order valence-corrected chi connectivity index (χ3v) is 6.10. The lowest BCUT2D eigenvalue weighted by molar-refractivity contribution is 0.0975. The Morgan fingerprint density at radius 1 is 1.31 bits per heavy atom. The quantitative estimate of drug-likeness (QED) is 0.720. The highest BCUT2D eigenvalue weighted by Crippen LogP contribution is 2.34. The van der Waals surface area contributed by atoms with Crippen molar-refractivity contribution in [3.05, 3.63) is 62.0 Å². The van der Waals surface area contributed by atoms with Crippen LogP contribution in [0.25, 0.3) is 10.2 Å². The summed E-state index contributed by atoms with van der Waals surface area (Å²) in [6.45, 7) is 1.83. The third-order valence-electron chi connectivity index (χ3n) is 4.92. The van der Waals surface area contributed by atoms with Crippen molar-refractivity contribution in [2.24, 2.45) is 0 Å². The average Bonchev–Trinajstić information content (AvgIpc) is 3.01. The van der Waals surface area contributed by atoms with Crippen LogP contribution < -0.4 is 5.56 Å². The van der Waals surface area contributed by atoms with Gasteiger partial charge in [-0.3, -0.25) is 9.59 Å². The number of H-pyrrole nitrogens is 1. The normalized spacial score (nSPS) is 14.6. The summed E-state index contributed by atoms with van der Waals surface area (Å²) in [5, 5.41) is 10.2. The highest BCUT2D eigenvalue weighted by atomic mass is 32.1. The van der Waals surface area contributed by atoms with E-state index in [0.717, 1.165) is 36.8 Å². The number of benzene rings is 1. The van der Waals surface area contributed by atoms with Gasteiger partial charge < -0.3 is 4.98 Å². The van der Waals surface area contributed by atoms with Crippen LogP contribution in [0.1, 0.15) is 50.9 Å². The van der Waals surface area contributed by atoms with Gasteiger partial charge in [0.05, 0.1) is 11.5 Å². The van der Waals surface area contributed by atoms with E-state index in [0.29, 0.717) is 15.8 Å². The van der Waals surface area contributed by atoms with Crippen molar-refractivity contribution in [2.45, 2.75) is 38.5 Å². The summed E-state index contributed by atoms with van der Waals surface area (Å²) in [6, 6.07) is 9.15. The molecule has 1 aliphatic carbocycles. The highest BCUT2D eigenvalue weighted by molar-refractivity contribution is 7.18. The SMILES string of the molecule is Cc1ccccc1C(=O)C(C#N)c1nc2sc3c(c2c(=O)[nH]1)CCCC3. The number of hydrogen-bond acceptors (Lipinski definition) is 5. The average molecular weight is 363 g/mol. The zero-order valence-corrected chi connectivity index (χ0v) is 15.2. The molecule has 0 bridgehead atoms. The van der Waals surface area contributed by atoms with Crippen molar-refractivity contribution < 1.29 is 4.79 Å². The van der Waals surface area contributed by atoms with Gasteiger partial charge in [0, 0.05) is 10.4 Å². The minimum Gasteiger partial charge on any atom is -0.308 e. The Hall–Kier alpha value is -2.78. The standard InChI is InChI=1S/C20H17N3O2S/c1-11-6-2-3-7-12(11)17(24)14(10-21)18-22-19(25)16-13-8-4-5-9-15(13)26-20(16)23-18/h2-3,6-7,14H,4-5,8-9H2,1H3,(H,22,23,25). The number of carbonyl (C=O) groups is 1. The van der Waals surface area contributed by atoms with E-state index in [2.05, 4.69) is 9.97 Å². The number of aryl methyl sites for hydroxylation is 3. The first-order valence-corrected chi connectivity index (χ1v) is 9.45. The molecule has 1 atom stereocenters. The first kappa shape index (κ1) is 16.7. The Morgan fingerprint density at radius 2 is 2.08 bits per heavy atom. The maximum atomic E-state index is 12.9. The molecule has 0 saturated carbocycles. The molecule has 6 heteroatoms. The van der Waals surface area contributed by atoms with E-state index < -0.39 is 5.92 Å². The summed E-state index contributed by atoms with van der Waals surface area (Å²) in [5.74, 6) is -1.32. The summed E-state index contributed by atoms with van der Waals surface area (Å²) in [6.07, 6.45) is 4.06. The Kier molecular flexibility index (Phi) is 4.17. The second-order valence-electron chi connectivity index (χ2n) is 6.58. The molecular weight excluding hydrogens is 346 g/mol. The smallest absolute Gasteiger partial charge is 0.259 e. The van der Waals surface area contributed by atoms with E-state index in [1.807, 2.05) is 25.1 Å². The van der Waals surface area contributed by atoms with E-state index >= 15 is 0 Å². The van der Waals surface area contributed by atoms with Crippen LogP contribution in [0.4, 0.5) is 0 Å². The van der Waals surface area contributed by atoms with Crippen molar-refractivity contribution in [1.29, 1.82) is 5.26 Å². The second-order valence-corrected chi connectivity index (χ2v) is 7.67. The molecule has 26 heavy (non-hydrogen) atoms. The molecule has 5 nitrogen and oxygen atoms in total. The molecule has 0 radical (unpaired) electrons. The molecule has 1 N–H and O–H groups in total. The summed E-state index contributed by atoms with van der Waals surface area (Å²) < 4.78 is 0.